The summed E-state index contributed by atoms with van der Waals surface area (Å²) >= 11 is 0. The molecule has 0 radical (unpaired) electrons. The Bertz CT molecular complexity index is 1410. The van der Waals surface area contributed by atoms with Gasteiger partial charge in [-0.2, -0.15) is 0 Å². The molecule has 1 unspecified atom stereocenters. The second kappa shape index (κ2) is 8.80. The summed E-state index contributed by atoms with van der Waals surface area (Å²) in [5.74, 6) is 0.589. The normalized spacial score (nSPS) is 19.8. The van der Waals surface area contributed by atoms with Gasteiger partial charge in [-0.3, -0.25) is 18.5 Å². The summed E-state index contributed by atoms with van der Waals surface area (Å²) in [5, 5.41) is 1.16. The van der Waals surface area contributed by atoms with Crippen molar-refractivity contribution >= 4 is 11.8 Å². The molecule has 2 aromatic heterocycles. The molecule has 4 heterocycles. The number of pyridine rings is 1. The van der Waals surface area contributed by atoms with Crippen molar-refractivity contribution in [1.29, 1.82) is 0 Å². The summed E-state index contributed by atoms with van der Waals surface area (Å²) in [7, 11) is 0. The Morgan fingerprint density at radius 2 is 2.00 bits per heavy atom. The molecule has 0 spiro atoms. The number of ether oxygens (including phenoxy) is 1. The van der Waals surface area contributed by atoms with Crippen LogP contribution in [0, 0.1) is 6.72 Å². The number of benzene rings is 1. The lowest BCUT2D eigenvalue weighted by molar-refractivity contribution is -0.524. The van der Waals surface area contributed by atoms with Crippen molar-refractivity contribution < 1.29 is 8.98 Å². The molecular formula is C29H31N3O2. The highest BCUT2D eigenvalue weighted by molar-refractivity contribution is 5.78. The second-order valence-corrected chi connectivity index (χ2v) is 9.63. The predicted molar refractivity (Wildman–Crippen MR) is 133 cm³/mol. The Hall–Kier alpha value is -3.31. The van der Waals surface area contributed by atoms with Crippen LogP contribution < -0.4 is 19.9 Å². The van der Waals surface area contributed by atoms with Gasteiger partial charge in [-0.05, 0) is 49.9 Å². The third-order valence-electron chi connectivity index (χ3n) is 7.61. The van der Waals surface area contributed by atoms with E-state index in [-0.39, 0.29) is 5.56 Å². The first-order valence-corrected chi connectivity index (χ1v) is 12.4. The van der Waals surface area contributed by atoms with Crippen LogP contribution in [0.15, 0.2) is 59.5 Å². The van der Waals surface area contributed by atoms with Gasteiger partial charge in [0.1, 0.15) is 18.1 Å². The van der Waals surface area contributed by atoms with E-state index in [1.165, 1.54) is 49.0 Å². The van der Waals surface area contributed by atoms with Gasteiger partial charge in [0, 0.05) is 24.5 Å². The highest BCUT2D eigenvalue weighted by atomic mass is 16.5. The zero-order valence-corrected chi connectivity index (χ0v) is 19.6. The number of rotatable bonds is 4. The van der Waals surface area contributed by atoms with Crippen molar-refractivity contribution in [3.05, 3.63) is 99.5 Å². The van der Waals surface area contributed by atoms with E-state index in [2.05, 4.69) is 28.0 Å². The van der Waals surface area contributed by atoms with E-state index in [1.54, 1.807) is 10.6 Å². The molecule has 0 N–H and O–H groups in total. The maximum atomic E-state index is 13.0. The van der Waals surface area contributed by atoms with Gasteiger partial charge in [-0.1, -0.05) is 60.4 Å². The van der Waals surface area contributed by atoms with Crippen LogP contribution in [0.3, 0.4) is 0 Å². The molecule has 3 aromatic rings. The average molecular weight is 454 g/mol. The van der Waals surface area contributed by atoms with Gasteiger partial charge in [-0.25, -0.2) is 0 Å². The van der Waals surface area contributed by atoms with Gasteiger partial charge in [-0.15, -0.1) is 0 Å². The number of allylic oxidation sites excluding steroid dienone is 2. The summed E-state index contributed by atoms with van der Waals surface area (Å²) in [4.78, 5) is 15.6. The molecule has 174 valence electrons. The van der Waals surface area contributed by atoms with Crippen LogP contribution in [0.1, 0.15) is 54.1 Å². The van der Waals surface area contributed by atoms with E-state index in [1.807, 2.05) is 42.6 Å². The number of hydrogen-bond donors (Lipinski definition) is 0. The van der Waals surface area contributed by atoms with Crippen molar-refractivity contribution in [3.8, 4) is 5.75 Å². The molecule has 34 heavy (non-hydrogen) atoms. The number of nitrogens with zero attached hydrogens (tertiary/aromatic N) is 3. The largest absolute Gasteiger partial charge is 0.489 e. The van der Waals surface area contributed by atoms with Gasteiger partial charge < -0.3 is 4.74 Å². The number of aromatic nitrogens is 2. The summed E-state index contributed by atoms with van der Waals surface area (Å²) in [6, 6.07) is 13.9. The Kier molecular flexibility index (Phi) is 5.50. The van der Waals surface area contributed by atoms with Crippen LogP contribution in [-0.2, 0) is 19.4 Å². The van der Waals surface area contributed by atoms with E-state index < -0.39 is 0 Å². The monoisotopic (exact) mass is 453 g/mol. The van der Waals surface area contributed by atoms with Crippen LogP contribution in [0.25, 0.3) is 11.8 Å². The van der Waals surface area contributed by atoms with E-state index >= 15 is 0 Å². The fourth-order valence-electron chi connectivity index (χ4n) is 5.90. The van der Waals surface area contributed by atoms with Crippen molar-refractivity contribution in [2.24, 2.45) is 0 Å². The van der Waals surface area contributed by atoms with E-state index in [0.717, 1.165) is 36.0 Å². The fourth-order valence-corrected chi connectivity index (χ4v) is 5.90. The molecule has 1 fully saturated rings. The van der Waals surface area contributed by atoms with Gasteiger partial charge in [0.2, 0.25) is 0 Å². The van der Waals surface area contributed by atoms with Crippen molar-refractivity contribution in [3.63, 3.8) is 0 Å². The van der Waals surface area contributed by atoms with Gasteiger partial charge in [0.15, 0.2) is 0 Å². The average Bonchev–Trinajstić information content (AvgIpc) is 3.00. The molecule has 3 aliphatic rings. The maximum absolute atomic E-state index is 13.0. The van der Waals surface area contributed by atoms with E-state index in [9.17, 15) is 4.79 Å². The third kappa shape index (κ3) is 3.74. The lowest BCUT2D eigenvalue weighted by Gasteiger charge is -2.34. The predicted octanol–water partition coefficient (Wildman–Crippen LogP) is 3.42. The maximum Gasteiger partial charge on any atom is 0.258 e. The highest BCUT2D eigenvalue weighted by Gasteiger charge is 2.33. The summed E-state index contributed by atoms with van der Waals surface area (Å²) in [6.45, 7) is 7.26. The molecule has 1 saturated heterocycles. The molecule has 0 saturated carbocycles. The Labute approximate surface area is 199 Å². The third-order valence-corrected chi connectivity index (χ3v) is 7.61. The molecule has 5 heteroatoms. The minimum atomic E-state index is -0.0848. The number of fused-ring (bicyclic) bond motifs is 5. The van der Waals surface area contributed by atoms with Crippen LogP contribution in [0.4, 0.5) is 0 Å². The highest BCUT2D eigenvalue weighted by Crippen LogP contribution is 2.35. The van der Waals surface area contributed by atoms with Gasteiger partial charge in [0.05, 0.1) is 18.1 Å². The van der Waals surface area contributed by atoms with E-state index in [0.29, 0.717) is 18.4 Å². The van der Waals surface area contributed by atoms with E-state index in [4.69, 9.17) is 4.74 Å². The first kappa shape index (κ1) is 21.2. The summed E-state index contributed by atoms with van der Waals surface area (Å²) in [6.07, 6.45) is 13.2. The first-order chi connectivity index (χ1) is 16.7. The fraction of sp³-hybridized carbons (Fsp3) is 0.345. The first-order valence-electron chi connectivity index (χ1n) is 12.4. The molecule has 5 nitrogen and oxygen atoms in total. The Balaban J connectivity index is 1.30. The smallest absolute Gasteiger partial charge is 0.258 e. The topological polar surface area (TPSA) is 40.4 Å². The molecule has 1 aromatic carbocycles. The Morgan fingerprint density at radius 3 is 2.85 bits per heavy atom. The zero-order valence-electron chi connectivity index (χ0n) is 19.6. The lowest BCUT2D eigenvalue weighted by Crippen LogP contribution is -2.43. The Morgan fingerprint density at radius 1 is 1.12 bits per heavy atom. The molecule has 2 aliphatic heterocycles. The minimum Gasteiger partial charge on any atom is -0.489 e. The standard InChI is InChI=1S/C29H31N3O2/c1-30-27-18-22(32-17-13-23(19-28(32)33)34-20-21-8-4-2-5-9-21)11-12-24(27)25-14-16-31-15-7-3-6-10-26(31)29(25)30/h2,4-5,8-9,11,13,17-19,26H,1,3,6-7,10,12,14-16,20H2. The molecule has 6 rings (SSSR count). The van der Waals surface area contributed by atoms with Gasteiger partial charge >= 0.3 is 0 Å². The minimum absolute atomic E-state index is 0.0848. The second-order valence-electron chi connectivity index (χ2n) is 9.63. The number of hydrogen-bond acceptors (Lipinski definition) is 3. The van der Waals surface area contributed by atoms with Crippen LogP contribution >= 0.6 is 0 Å². The molecular weight excluding hydrogens is 422 g/mol. The SMILES string of the molecule is C=[n+]1c2c(c3[c-]1C1CCCCCN1CC3)CC=C(n1ccc(OCc3ccccc3)cc1=O)C=2. The molecule has 0 bridgehead atoms. The van der Waals surface area contributed by atoms with Crippen molar-refractivity contribution in [2.45, 2.75) is 51.2 Å². The molecule has 1 atom stereocenters. The van der Waals surface area contributed by atoms with Crippen LogP contribution in [0.5, 0.6) is 5.75 Å². The molecule has 1 aliphatic carbocycles. The lowest BCUT2D eigenvalue weighted by atomic mass is 9.92. The van der Waals surface area contributed by atoms with Crippen LogP contribution in [-0.4, -0.2) is 22.6 Å². The summed E-state index contributed by atoms with van der Waals surface area (Å²) < 4.78 is 9.72. The quantitative estimate of drug-likeness (QED) is 0.449. The molecule has 0 amide bonds. The summed E-state index contributed by atoms with van der Waals surface area (Å²) in [5.41, 5.74) is 6.20. The van der Waals surface area contributed by atoms with Gasteiger partial charge in [0.25, 0.3) is 5.56 Å². The van der Waals surface area contributed by atoms with Crippen LogP contribution in [0.2, 0.25) is 0 Å². The zero-order chi connectivity index (χ0) is 23.1. The van der Waals surface area contributed by atoms with Crippen molar-refractivity contribution in [2.75, 3.05) is 13.1 Å². The van der Waals surface area contributed by atoms with Crippen molar-refractivity contribution in [1.82, 2.24) is 9.47 Å².